The number of aromatic amines is 1. The number of hydrogen-bond donors (Lipinski definition) is 1. The zero-order chi connectivity index (χ0) is 24.0. The first-order chi connectivity index (χ1) is 17.0. The average molecular weight is 465 g/mol. The number of carbonyl (C=O) groups excluding carboxylic acids is 2. The van der Waals surface area contributed by atoms with Gasteiger partial charge in [-0.05, 0) is 66.9 Å². The number of rotatable bonds is 4. The highest BCUT2D eigenvalue weighted by atomic mass is 16.5. The first-order valence-electron chi connectivity index (χ1n) is 11.6. The molecule has 2 amide bonds. The minimum atomic E-state index is -1.12. The second-order valence-corrected chi connectivity index (χ2v) is 8.98. The van der Waals surface area contributed by atoms with E-state index in [0.717, 1.165) is 33.5 Å². The summed E-state index contributed by atoms with van der Waals surface area (Å²) in [4.78, 5) is 31.9. The van der Waals surface area contributed by atoms with E-state index in [1.807, 2.05) is 79.7 Å². The maximum Gasteiger partial charge on any atom is 0.275 e. The van der Waals surface area contributed by atoms with Crippen molar-refractivity contribution in [1.29, 1.82) is 0 Å². The lowest BCUT2D eigenvalue weighted by atomic mass is 9.83. The molecule has 1 saturated heterocycles. The number of piperazine rings is 1. The maximum atomic E-state index is 13.7. The Morgan fingerprint density at radius 2 is 1.66 bits per heavy atom. The molecule has 174 valence electrons. The number of carbonyl (C=O) groups is 2. The quantitative estimate of drug-likeness (QED) is 0.454. The van der Waals surface area contributed by atoms with Crippen LogP contribution in [0.15, 0.2) is 84.0 Å². The summed E-state index contributed by atoms with van der Waals surface area (Å²) in [6.07, 6.45) is 2.32. The number of ether oxygens (including phenoxy) is 1. The Balaban J connectivity index is 1.26. The molecule has 4 aromatic rings. The summed E-state index contributed by atoms with van der Waals surface area (Å²) in [6, 6.07) is 25.0. The van der Waals surface area contributed by atoms with E-state index in [9.17, 15) is 9.59 Å². The van der Waals surface area contributed by atoms with Crippen molar-refractivity contribution < 1.29 is 14.3 Å². The van der Waals surface area contributed by atoms with Gasteiger partial charge in [-0.1, -0.05) is 36.4 Å². The molecule has 0 aliphatic carbocycles. The van der Waals surface area contributed by atoms with Crippen LogP contribution < -0.4 is 4.74 Å². The molecule has 0 radical (unpaired) electrons. The van der Waals surface area contributed by atoms with E-state index in [2.05, 4.69) is 16.2 Å². The van der Waals surface area contributed by atoms with Crippen LogP contribution in [0.25, 0.3) is 10.9 Å². The standard InChI is InChI=1S/C28H24N4O3/c1-28-26-23(22-9-5-6-10-24(22)30-26)15-16-31(28)25(33)18-32(27(28)34)29-17-19-11-13-21(14-12-19)35-20-7-3-2-4-8-20/h2-14,17,30H,15-16,18H2,1H3/t28-/m1/s1. The van der Waals surface area contributed by atoms with E-state index in [0.29, 0.717) is 18.7 Å². The zero-order valence-corrected chi connectivity index (χ0v) is 19.3. The molecule has 7 nitrogen and oxygen atoms in total. The molecular weight excluding hydrogens is 440 g/mol. The molecule has 6 rings (SSSR count). The molecule has 1 fully saturated rings. The number of benzene rings is 3. The van der Waals surface area contributed by atoms with Gasteiger partial charge < -0.3 is 14.6 Å². The molecule has 2 aliphatic rings. The predicted molar refractivity (Wildman–Crippen MR) is 133 cm³/mol. The van der Waals surface area contributed by atoms with Gasteiger partial charge in [-0.15, -0.1) is 0 Å². The van der Waals surface area contributed by atoms with Crippen LogP contribution in [0.3, 0.4) is 0 Å². The van der Waals surface area contributed by atoms with Gasteiger partial charge in [0.25, 0.3) is 5.91 Å². The van der Waals surface area contributed by atoms with Crippen LogP contribution >= 0.6 is 0 Å². The van der Waals surface area contributed by atoms with Gasteiger partial charge >= 0.3 is 0 Å². The summed E-state index contributed by atoms with van der Waals surface area (Å²) in [5.74, 6) is 1.13. The molecule has 2 aliphatic heterocycles. The monoisotopic (exact) mass is 464 g/mol. The fourth-order valence-corrected chi connectivity index (χ4v) is 5.07. The predicted octanol–water partition coefficient (Wildman–Crippen LogP) is 4.44. The molecule has 0 bridgehead atoms. The third-order valence-electron chi connectivity index (χ3n) is 6.87. The summed E-state index contributed by atoms with van der Waals surface area (Å²) >= 11 is 0. The van der Waals surface area contributed by atoms with Crippen molar-refractivity contribution in [3.05, 3.63) is 95.7 Å². The Morgan fingerprint density at radius 1 is 0.943 bits per heavy atom. The second kappa shape index (κ2) is 8.13. The molecule has 7 heteroatoms. The van der Waals surface area contributed by atoms with Crippen molar-refractivity contribution in [3.8, 4) is 11.5 Å². The maximum absolute atomic E-state index is 13.7. The van der Waals surface area contributed by atoms with Crippen molar-refractivity contribution in [3.63, 3.8) is 0 Å². The van der Waals surface area contributed by atoms with Gasteiger partial charge in [-0.3, -0.25) is 9.59 Å². The minimum Gasteiger partial charge on any atom is -0.457 e. The number of nitrogens with zero attached hydrogens (tertiary/aromatic N) is 3. The second-order valence-electron chi connectivity index (χ2n) is 8.98. The number of amides is 2. The van der Waals surface area contributed by atoms with Crippen LogP contribution in [-0.2, 0) is 21.5 Å². The van der Waals surface area contributed by atoms with Crippen LogP contribution in [-0.4, -0.2) is 46.0 Å². The van der Waals surface area contributed by atoms with Gasteiger partial charge in [0.2, 0.25) is 5.91 Å². The Hall–Kier alpha value is -4.39. The average Bonchev–Trinajstić information content (AvgIpc) is 3.27. The smallest absolute Gasteiger partial charge is 0.275 e. The van der Waals surface area contributed by atoms with Crippen molar-refractivity contribution in [2.24, 2.45) is 5.10 Å². The summed E-state index contributed by atoms with van der Waals surface area (Å²) in [5.41, 5.74) is 2.53. The number of aromatic nitrogens is 1. The topological polar surface area (TPSA) is 78.0 Å². The van der Waals surface area contributed by atoms with Gasteiger partial charge in [-0.2, -0.15) is 5.10 Å². The number of fused-ring (bicyclic) bond motifs is 5. The molecular formula is C28H24N4O3. The first kappa shape index (κ1) is 21.2. The van der Waals surface area contributed by atoms with Crippen LogP contribution in [0.4, 0.5) is 0 Å². The van der Waals surface area contributed by atoms with Crippen LogP contribution in [0.5, 0.6) is 11.5 Å². The summed E-state index contributed by atoms with van der Waals surface area (Å²) in [7, 11) is 0. The lowest BCUT2D eigenvalue weighted by molar-refractivity contribution is -0.165. The van der Waals surface area contributed by atoms with Gasteiger partial charge in [0.05, 0.1) is 11.9 Å². The number of nitrogens with one attached hydrogen (secondary N) is 1. The van der Waals surface area contributed by atoms with Crippen molar-refractivity contribution in [2.45, 2.75) is 18.9 Å². The lowest BCUT2D eigenvalue weighted by Gasteiger charge is -2.48. The third kappa shape index (κ3) is 3.47. The highest BCUT2D eigenvalue weighted by Gasteiger charge is 2.54. The van der Waals surface area contributed by atoms with Crippen LogP contribution in [0, 0.1) is 0 Å². The number of hydrazone groups is 1. The molecule has 3 aromatic carbocycles. The molecule has 0 unspecified atom stereocenters. The van der Waals surface area contributed by atoms with E-state index >= 15 is 0 Å². The van der Waals surface area contributed by atoms with E-state index in [1.165, 1.54) is 5.01 Å². The van der Waals surface area contributed by atoms with Crippen LogP contribution in [0.2, 0.25) is 0 Å². The van der Waals surface area contributed by atoms with Gasteiger partial charge in [-0.25, -0.2) is 5.01 Å². The Bertz CT molecular complexity index is 1460. The van der Waals surface area contributed by atoms with Crippen molar-refractivity contribution in [1.82, 2.24) is 14.9 Å². The fourth-order valence-electron chi connectivity index (χ4n) is 5.07. The fraction of sp³-hybridized carbons (Fsp3) is 0.179. The molecule has 3 heterocycles. The Labute approximate surface area is 202 Å². The Kier molecular flexibility index (Phi) is 4.91. The zero-order valence-electron chi connectivity index (χ0n) is 19.3. The summed E-state index contributed by atoms with van der Waals surface area (Å²) in [6.45, 7) is 2.25. The van der Waals surface area contributed by atoms with E-state index in [-0.39, 0.29) is 18.4 Å². The van der Waals surface area contributed by atoms with Crippen molar-refractivity contribution in [2.75, 3.05) is 13.1 Å². The van der Waals surface area contributed by atoms with Gasteiger partial charge in [0.15, 0.2) is 5.54 Å². The summed E-state index contributed by atoms with van der Waals surface area (Å²) in [5, 5.41) is 6.80. The molecule has 0 saturated carbocycles. The normalized spacial score (nSPS) is 19.8. The Morgan fingerprint density at radius 3 is 2.46 bits per heavy atom. The molecule has 1 N–H and O–H groups in total. The number of para-hydroxylation sites is 2. The third-order valence-corrected chi connectivity index (χ3v) is 6.87. The molecule has 35 heavy (non-hydrogen) atoms. The number of hydrogen-bond acceptors (Lipinski definition) is 4. The van der Waals surface area contributed by atoms with E-state index in [4.69, 9.17) is 4.74 Å². The molecule has 1 atom stereocenters. The molecule has 1 aromatic heterocycles. The van der Waals surface area contributed by atoms with Gasteiger partial charge in [0, 0.05) is 17.4 Å². The van der Waals surface area contributed by atoms with E-state index in [1.54, 1.807) is 11.1 Å². The first-order valence-corrected chi connectivity index (χ1v) is 11.6. The largest absolute Gasteiger partial charge is 0.457 e. The SMILES string of the molecule is C[C@@]12C(=O)N(N=Cc3ccc(Oc4ccccc4)cc3)CC(=O)N1CCc1c2[nH]c2ccccc12. The lowest BCUT2D eigenvalue weighted by Crippen LogP contribution is -2.65. The molecule has 0 spiro atoms. The van der Waals surface area contributed by atoms with Crippen molar-refractivity contribution >= 4 is 28.9 Å². The van der Waals surface area contributed by atoms with E-state index < -0.39 is 5.54 Å². The highest BCUT2D eigenvalue weighted by molar-refractivity contribution is 6.01. The van der Waals surface area contributed by atoms with Crippen LogP contribution in [0.1, 0.15) is 23.7 Å². The highest BCUT2D eigenvalue weighted by Crippen LogP contribution is 2.41. The van der Waals surface area contributed by atoms with Gasteiger partial charge in [0.1, 0.15) is 18.0 Å². The summed E-state index contributed by atoms with van der Waals surface area (Å²) < 4.78 is 5.83. The number of H-pyrrole nitrogens is 1. The minimum absolute atomic E-state index is 0.0737.